The molecule has 0 aliphatic rings. The molecule has 28 heteroatoms. The molecule has 540 valence electrons. The van der Waals surface area contributed by atoms with E-state index >= 15 is 0 Å². The van der Waals surface area contributed by atoms with Crippen LogP contribution in [0.25, 0.3) is 0 Å². The average molecular weight is 1370 g/mol. The topological polar surface area (TPSA) is 305 Å². The van der Waals surface area contributed by atoms with Gasteiger partial charge in [-0.3, -0.25) is 14.4 Å². The molecule has 0 aliphatic carbocycles. The molecule has 2 rings (SSSR count). The van der Waals surface area contributed by atoms with Crippen molar-refractivity contribution in [3.05, 3.63) is 54.2 Å². The van der Waals surface area contributed by atoms with Gasteiger partial charge < -0.3 is 88.7 Å². The van der Waals surface area contributed by atoms with Crippen molar-refractivity contribution >= 4 is 58.6 Å². The molecule has 2 atom stereocenters. The van der Waals surface area contributed by atoms with Crippen LogP contribution in [-0.2, 0) is 95.8 Å². The number of hydrogen-bond donors (Lipinski definition) is 5. The van der Waals surface area contributed by atoms with Crippen LogP contribution in [0.15, 0.2) is 48.1 Å². The van der Waals surface area contributed by atoms with Crippen LogP contribution in [-0.4, -0.2) is 230 Å². The zero-order valence-electron chi connectivity index (χ0n) is 58.5. The van der Waals surface area contributed by atoms with E-state index in [1.165, 1.54) is 0 Å². The predicted octanol–water partition coefficient (Wildman–Crippen LogP) is 7.60. The second-order valence-electron chi connectivity index (χ2n) is 25.6. The lowest BCUT2D eigenvalue weighted by molar-refractivity contribution is -0.132. The molecule has 6 N–H and O–H groups in total. The lowest BCUT2D eigenvalue weighted by Gasteiger charge is -2.23. The van der Waals surface area contributed by atoms with Crippen molar-refractivity contribution in [1.29, 1.82) is 0 Å². The zero-order valence-corrected chi connectivity index (χ0v) is 60.1. The molecule has 0 bridgehead atoms. The van der Waals surface area contributed by atoms with Gasteiger partial charge in [-0.05, 0) is 61.3 Å². The van der Waals surface area contributed by atoms with Gasteiger partial charge in [0.05, 0.1) is 170 Å². The van der Waals surface area contributed by atoms with E-state index < -0.39 is 23.9 Å². The van der Waals surface area contributed by atoms with Gasteiger partial charge in [0.15, 0.2) is 18.3 Å². The third kappa shape index (κ3) is 51.6. The Morgan fingerprint density at radius 1 is 0.638 bits per heavy atom. The van der Waals surface area contributed by atoms with Crippen LogP contribution >= 0.6 is 23.5 Å². The smallest absolute Gasteiger partial charge is 0.312 e. The lowest BCUT2D eigenvalue weighted by atomic mass is 9.90. The van der Waals surface area contributed by atoms with Gasteiger partial charge in [0.1, 0.15) is 12.3 Å². The summed E-state index contributed by atoms with van der Waals surface area (Å²) in [4.78, 5) is 57.9. The van der Waals surface area contributed by atoms with E-state index in [-0.39, 0.29) is 65.1 Å². The van der Waals surface area contributed by atoms with E-state index in [1.54, 1.807) is 40.3 Å². The second kappa shape index (κ2) is 52.4. The number of carbonyl (C=O) groups excluding carboxylic acids is 4. The summed E-state index contributed by atoms with van der Waals surface area (Å²) in [5.41, 5.74) is 8.41. The first-order valence-electron chi connectivity index (χ1n) is 32.9. The molecule has 0 saturated heterocycles. The maximum atomic E-state index is 13.9. The Kier molecular flexibility index (Phi) is 47.6. The summed E-state index contributed by atoms with van der Waals surface area (Å²) < 4.78 is 68.7. The van der Waals surface area contributed by atoms with E-state index in [4.69, 9.17) is 67.4 Å². The number of anilines is 1. The molecular weight excluding hydrogens is 1250 g/mol. The number of nitrogens with zero attached hydrogens (tertiary/aromatic N) is 4. The van der Waals surface area contributed by atoms with Crippen LogP contribution in [0.5, 0.6) is 0 Å². The van der Waals surface area contributed by atoms with Gasteiger partial charge in [0, 0.05) is 52.2 Å². The number of rotatable bonds is 60. The average Bonchev–Trinajstić information content (AvgIpc) is 3.70. The number of oxime groups is 1. The molecule has 0 unspecified atom stereocenters. The summed E-state index contributed by atoms with van der Waals surface area (Å²) in [6, 6.07) is 5.57. The maximum absolute atomic E-state index is 13.9. The molecule has 1 heterocycles. The highest BCUT2D eigenvalue weighted by Crippen LogP contribution is 2.27. The quantitative estimate of drug-likeness (QED) is 0.0184. The summed E-state index contributed by atoms with van der Waals surface area (Å²) >= 11 is 3.49. The lowest BCUT2D eigenvalue weighted by Crippen LogP contribution is -2.44. The molecule has 94 heavy (non-hydrogen) atoms. The van der Waals surface area contributed by atoms with Gasteiger partial charge in [-0.1, -0.05) is 98.7 Å². The van der Waals surface area contributed by atoms with E-state index in [9.17, 15) is 19.2 Å². The van der Waals surface area contributed by atoms with Crippen LogP contribution in [0.2, 0.25) is 0 Å². The summed E-state index contributed by atoms with van der Waals surface area (Å²) in [7, 11) is 0. The minimum absolute atomic E-state index is 0.0210. The molecule has 0 radical (unpaired) electrons. The minimum atomic E-state index is -0.854. The fourth-order valence-corrected chi connectivity index (χ4v) is 9.47. The van der Waals surface area contributed by atoms with Crippen molar-refractivity contribution in [2.24, 2.45) is 28.1 Å². The van der Waals surface area contributed by atoms with Crippen LogP contribution in [0.4, 0.5) is 10.5 Å². The fourth-order valence-electron chi connectivity index (χ4n) is 7.83. The van der Waals surface area contributed by atoms with Crippen molar-refractivity contribution in [3.8, 4) is 0 Å². The number of carbonyl (C=O) groups is 4. The van der Waals surface area contributed by atoms with E-state index in [1.807, 2.05) is 32.2 Å². The number of nitrogens with two attached hydrogens (primary N) is 1. The third-order valence-electron chi connectivity index (χ3n) is 12.9. The van der Waals surface area contributed by atoms with Crippen LogP contribution in [0, 0.1) is 17.3 Å². The molecular formula is C66H117N9O17S2. The number of urea groups is 1. The fraction of sp³-hybridized carbons (Fsp3) is 0.773. The van der Waals surface area contributed by atoms with Crippen molar-refractivity contribution < 1.29 is 80.9 Å². The van der Waals surface area contributed by atoms with Gasteiger partial charge in [-0.2, -0.15) is 0 Å². The molecule has 0 saturated carbocycles. The van der Waals surface area contributed by atoms with Crippen molar-refractivity contribution in [2.45, 2.75) is 143 Å². The Hall–Kier alpha value is -4.69. The number of primary amides is 1. The Labute approximate surface area is 569 Å². The number of hydrogen-bond acceptors (Lipinski definition) is 23. The normalized spacial score (nSPS) is 12.6. The molecule has 1 aromatic carbocycles. The van der Waals surface area contributed by atoms with Gasteiger partial charge >= 0.3 is 6.03 Å². The summed E-state index contributed by atoms with van der Waals surface area (Å²) in [6.45, 7) is 39.2. The maximum Gasteiger partial charge on any atom is 0.312 e. The Balaban J connectivity index is 1.54. The minimum Gasteiger partial charge on any atom is -0.475 e. The first-order chi connectivity index (χ1) is 44.9. The van der Waals surface area contributed by atoms with Gasteiger partial charge in [-0.15, -0.1) is 28.6 Å². The number of thioether (sulfide) groups is 2. The first-order valence-corrected chi connectivity index (χ1v) is 34.8. The van der Waals surface area contributed by atoms with Gasteiger partial charge in [-0.25, -0.2) is 9.48 Å². The Morgan fingerprint density at radius 3 is 1.53 bits per heavy atom. The van der Waals surface area contributed by atoms with Crippen molar-refractivity contribution in [3.63, 3.8) is 0 Å². The molecule has 2 aromatic rings. The number of benzene rings is 1. The van der Waals surface area contributed by atoms with Crippen molar-refractivity contribution in [1.82, 2.24) is 30.9 Å². The molecule has 26 nitrogen and oxygen atoms in total. The summed E-state index contributed by atoms with van der Waals surface area (Å²) in [5.74, 6) is -0.220. The number of ketones is 1. The van der Waals surface area contributed by atoms with Crippen LogP contribution in [0.1, 0.15) is 120 Å². The highest BCUT2D eigenvalue weighted by molar-refractivity contribution is 8.02. The summed E-state index contributed by atoms with van der Waals surface area (Å²) in [5, 5.41) is 24.1. The van der Waals surface area contributed by atoms with Gasteiger partial charge in [0.25, 0.3) is 5.91 Å². The number of Topliss-reactive ketones (excluding diaryl/α,β-unsaturated/α-hetero) is 1. The van der Waals surface area contributed by atoms with Gasteiger partial charge in [0.2, 0.25) is 5.91 Å². The SMILES string of the molecule is C=C(NCc1cn(CCOCCOCCOCCOCCOCCOCCOCCOCCOCCOCCOCCC(C)(C)C)nn1)OCc1ccc(NC(=O)[C@H](CCCNC(N)=O)CC(=O)[C@H](CC(C)C)NC(=O)CON=C(CSC(C)(C)C)CSC(C)(C)C)cc1. The Morgan fingerprint density at radius 2 is 1.10 bits per heavy atom. The highest BCUT2D eigenvalue weighted by atomic mass is 32.2. The Bertz CT molecular complexity index is 2320. The highest BCUT2D eigenvalue weighted by Gasteiger charge is 2.29. The number of amides is 4. The monoisotopic (exact) mass is 1370 g/mol. The molecule has 0 fully saturated rings. The number of aromatic nitrogens is 3. The number of nitrogens with one attached hydrogen (secondary N) is 4. The molecule has 1 aromatic heterocycles. The molecule has 4 amide bonds. The van der Waals surface area contributed by atoms with Crippen LogP contribution in [0.3, 0.4) is 0 Å². The zero-order chi connectivity index (χ0) is 69.1. The third-order valence-corrected chi connectivity index (χ3v) is 15.6. The second-order valence-corrected chi connectivity index (χ2v) is 29.2. The van der Waals surface area contributed by atoms with Crippen molar-refractivity contribution in [2.75, 3.05) is 175 Å². The van der Waals surface area contributed by atoms with E-state index in [0.29, 0.717) is 193 Å². The number of ether oxygens (including phenoxy) is 12. The first kappa shape index (κ1) is 85.4. The van der Waals surface area contributed by atoms with E-state index in [0.717, 1.165) is 24.3 Å². The van der Waals surface area contributed by atoms with E-state index in [2.05, 4.69) is 106 Å². The largest absolute Gasteiger partial charge is 0.475 e. The summed E-state index contributed by atoms with van der Waals surface area (Å²) in [6.07, 6.45) is 3.73. The predicted molar refractivity (Wildman–Crippen MR) is 368 cm³/mol. The van der Waals surface area contributed by atoms with Crippen LogP contribution < -0.4 is 27.0 Å². The molecule has 0 aliphatic heterocycles. The molecule has 0 spiro atoms. The standard InChI is InChI=1S/C66H117N9O17S2/c1-52(2)44-59(71-61(77)49-92-73-58(50-93-65(7,8)9)51-94-66(10,11)12)60(76)45-55(14-13-20-68-63(67)79)62(78)70-56-17-15-54(16-18-56)48-91-53(3)69-46-57-47-75(74-72-57)21-23-81-25-27-83-29-31-85-33-35-87-37-39-89-41-43-90-42-40-88-38-36-86-34-32-84-30-28-82-26-24-80-22-19-64(4,5)6/h15-18,47,52,55,59,69H,3,13-14,19-46,48-51H2,1-2,4-12H3,(H,70,78)(H,71,77)(H3,67,68,79)/t55-,59+/m1/s1.